The van der Waals surface area contributed by atoms with Crippen LogP contribution in [0.3, 0.4) is 0 Å². The molecule has 116 valence electrons. The minimum Gasteiger partial charge on any atom is -0.409 e. The van der Waals surface area contributed by atoms with Gasteiger partial charge < -0.3 is 25.7 Å². The molecule has 1 aromatic carbocycles. The molecule has 0 unspecified atom stereocenters. The Kier molecular flexibility index (Phi) is 3.80. The summed E-state index contributed by atoms with van der Waals surface area (Å²) in [6.07, 6.45) is -3.03. The fourth-order valence-electron chi connectivity index (χ4n) is 1.84. The molecule has 8 heteroatoms. The molecule has 0 saturated heterocycles. The molecule has 0 bridgehead atoms. The van der Waals surface area contributed by atoms with Crippen molar-refractivity contribution in [2.75, 3.05) is 11.9 Å². The third kappa shape index (κ3) is 3.45. The minimum atomic E-state index is -3.62. The zero-order valence-electron chi connectivity index (χ0n) is 11.7. The minimum absolute atomic E-state index is 0.00235. The van der Waals surface area contributed by atoms with Gasteiger partial charge in [-0.1, -0.05) is 19.0 Å². The van der Waals surface area contributed by atoms with Crippen molar-refractivity contribution in [2.45, 2.75) is 26.6 Å². The standard InChI is InChI=1S/C13H17F2N3O3/c1-12(2,11(16)18-19)5-6-17-8-3-4-9-10(7-8)21-13(14,15)20-9/h3-4,7,17,19H,5-6H2,1-2H3,(H2,16,18). The van der Waals surface area contributed by atoms with E-state index >= 15 is 0 Å². The van der Waals surface area contributed by atoms with Gasteiger partial charge >= 0.3 is 6.29 Å². The topological polar surface area (TPSA) is 89.1 Å². The van der Waals surface area contributed by atoms with Crippen LogP contribution in [0, 0.1) is 5.41 Å². The summed E-state index contributed by atoms with van der Waals surface area (Å²) in [6.45, 7) is 4.19. The quantitative estimate of drug-likeness (QED) is 0.337. The van der Waals surface area contributed by atoms with E-state index in [-0.39, 0.29) is 17.3 Å². The summed E-state index contributed by atoms with van der Waals surface area (Å²) in [6, 6.07) is 4.46. The summed E-state index contributed by atoms with van der Waals surface area (Å²) in [5, 5.41) is 14.7. The van der Waals surface area contributed by atoms with Gasteiger partial charge in [-0.05, 0) is 18.6 Å². The maximum atomic E-state index is 12.9. The average molecular weight is 301 g/mol. The van der Waals surface area contributed by atoms with Crippen LogP contribution in [0.1, 0.15) is 20.3 Å². The Bertz CT molecular complexity index is 562. The first-order valence-corrected chi connectivity index (χ1v) is 6.35. The zero-order valence-corrected chi connectivity index (χ0v) is 11.7. The van der Waals surface area contributed by atoms with Crippen molar-refractivity contribution in [1.29, 1.82) is 0 Å². The van der Waals surface area contributed by atoms with Gasteiger partial charge in [0.2, 0.25) is 0 Å². The van der Waals surface area contributed by atoms with Crippen molar-refractivity contribution in [3.8, 4) is 11.5 Å². The van der Waals surface area contributed by atoms with E-state index in [2.05, 4.69) is 19.9 Å². The van der Waals surface area contributed by atoms with E-state index in [1.807, 2.05) is 13.8 Å². The summed E-state index contributed by atoms with van der Waals surface area (Å²) < 4.78 is 34.5. The molecule has 0 fully saturated rings. The van der Waals surface area contributed by atoms with Crippen LogP contribution in [-0.4, -0.2) is 23.9 Å². The number of nitrogens with two attached hydrogens (primary N) is 1. The van der Waals surface area contributed by atoms with Gasteiger partial charge in [0.05, 0.1) is 0 Å². The highest BCUT2D eigenvalue weighted by atomic mass is 19.3. The molecule has 21 heavy (non-hydrogen) atoms. The number of fused-ring (bicyclic) bond motifs is 1. The lowest BCUT2D eigenvalue weighted by molar-refractivity contribution is -0.286. The second kappa shape index (κ2) is 5.27. The third-order valence-corrected chi connectivity index (χ3v) is 3.28. The Labute approximate surface area is 120 Å². The molecule has 0 radical (unpaired) electrons. The second-order valence-electron chi connectivity index (χ2n) is 5.37. The first-order chi connectivity index (χ1) is 9.73. The molecule has 4 N–H and O–H groups in total. The summed E-state index contributed by atoms with van der Waals surface area (Å²) in [5.74, 6) is 0.123. The molecule has 0 amide bonds. The molecule has 2 rings (SSSR count). The SMILES string of the molecule is CC(C)(CCNc1ccc2c(c1)OC(F)(F)O2)C(N)=NO. The smallest absolute Gasteiger partial charge is 0.409 e. The van der Waals surface area contributed by atoms with Crippen LogP contribution in [0.25, 0.3) is 0 Å². The Morgan fingerprint density at radius 2 is 2.05 bits per heavy atom. The maximum Gasteiger partial charge on any atom is 0.586 e. The van der Waals surface area contributed by atoms with Gasteiger partial charge in [-0.15, -0.1) is 8.78 Å². The van der Waals surface area contributed by atoms with Gasteiger partial charge in [-0.2, -0.15) is 0 Å². The molecule has 1 heterocycles. The summed E-state index contributed by atoms with van der Waals surface area (Å²) in [4.78, 5) is 0. The number of amidine groups is 1. The van der Waals surface area contributed by atoms with Crippen molar-refractivity contribution in [3.63, 3.8) is 0 Å². The van der Waals surface area contributed by atoms with Gasteiger partial charge in [0, 0.05) is 23.7 Å². The largest absolute Gasteiger partial charge is 0.586 e. The van der Waals surface area contributed by atoms with Crippen LogP contribution in [0.2, 0.25) is 0 Å². The van der Waals surface area contributed by atoms with Crippen LogP contribution in [0.15, 0.2) is 23.4 Å². The molecular weight excluding hydrogens is 284 g/mol. The number of halogens is 2. The van der Waals surface area contributed by atoms with E-state index in [1.165, 1.54) is 12.1 Å². The molecule has 1 aliphatic rings. The van der Waals surface area contributed by atoms with Gasteiger partial charge in [-0.25, -0.2) is 0 Å². The zero-order chi connectivity index (χ0) is 15.7. The van der Waals surface area contributed by atoms with Gasteiger partial charge in [0.25, 0.3) is 0 Å². The molecular formula is C13H17F2N3O3. The van der Waals surface area contributed by atoms with Crippen LogP contribution in [-0.2, 0) is 0 Å². The van der Waals surface area contributed by atoms with E-state index in [1.54, 1.807) is 6.07 Å². The predicted octanol–water partition coefficient (Wildman–Crippen LogP) is 2.58. The monoisotopic (exact) mass is 301 g/mol. The number of rotatable bonds is 5. The third-order valence-electron chi connectivity index (χ3n) is 3.28. The summed E-state index contributed by atoms with van der Waals surface area (Å²) in [7, 11) is 0. The van der Waals surface area contributed by atoms with Crippen molar-refractivity contribution >= 4 is 11.5 Å². The van der Waals surface area contributed by atoms with Crippen LogP contribution in [0.4, 0.5) is 14.5 Å². The average Bonchev–Trinajstić information content (AvgIpc) is 2.70. The molecule has 1 aliphatic heterocycles. The lowest BCUT2D eigenvalue weighted by Crippen LogP contribution is -2.33. The fraction of sp³-hybridized carbons (Fsp3) is 0.462. The van der Waals surface area contributed by atoms with Gasteiger partial charge in [0.1, 0.15) is 5.84 Å². The highest BCUT2D eigenvalue weighted by molar-refractivity contribution is 5.85. The second-order valence-corrected chi connectivity index (χ2v) is 5.37. The lowest BCUT2D eigenvalue weighted by Gasteiger charge is -2.23. The first-order valence-electron chi connectivity index (χ1n) is 6.35. The highest BCUT2D eigenvalue weighted by Crippen LogP contribution is 2.42. The lowest BCUT2D eigenvalue weighted by atomic mass is 9.88. The Hall–Kier alpha value is -2.25. The Balaban J connectivity index is 1.94. The number of nitrogens with one attached hydrogen (secondary N) is 1. The highest BCUT2D eigenvalue weighted by Gasteiger charge is 2.43. The van der Waals surface area contributed by atoms with E-state index in [9.17, 15) is 8.78 Å². The summed E-state index contributed by atoms with van der Waals surface area (Å²) in [5.41, 5.74) is 5.72. The Morgan fingerprint density at radius 1 is 1.38 bits per heavy atom. The molecule has 1 aromatic rings. The van der Waals surface area contributed by atoms with Crippen LogP contribution >= 0.6 is 0 Å². The number of ether oxygens (including phenoxy) is 2. The molecule has 0 atom stereocenters. The molecule has 0 spiro atoms. The first kappa shape index (κ1) is 15.1. The maximum absolute atomic E-state index is 12.9. The molecule has 0 saturated carbocycles. The van der Waals surface area contributed by atoms with Crippen LogP contribution < -0.4 is 20.5 Å². The van der Waals surface area contributed by atoms with E-state index in [0.29, 0.717) is 18.7 Å². The normalized spacial score (nSPS) is 16.9. The predicted molar refractivity (Wildman–Crippen MR) is 72.9 cm³/mol. The molecule has 0 aromatic heterocycles. The number of nitrogens with zero attached hydrogens (tertiary/aromatic N) is 1. The summed E-state index contributed by atoms with van der Waals surface area (Å²) >= 11 is 0. The number of oxime groups is 1. The van der Waals surface area contributed by atoms with Gasteiger partial charge in [-0.3, -0.25) is 0 Å². The van der Waals surface area contributed by atoms with E-state index < -0.39 is 11.7 Å². The Morgan fingerprint density at radius 3 is 2.71 bits per heavy atom. The van der Waals surface area contributed by atoms with Crippen molar-refractivity contribution in [3.05, 3.63) is 18.2 Å². The molecule has 6 nitrogen and oxygen atoms in total. The van der Waals surface area contributed by atoms with E-state index in [4.69, 9.17) is 10.9 Å². The molecule has 0 aliphatic carbocycles. The number of benzene rings is 1. The van der Waals surface area contributed by atoms with E-state index in [0.717, 1.165) is 0 Å². The van der Waals surface area contributed by atoms with Crippen molar-refractivity contribution < 1.29 is 23.5 Å². The van der Waals surface area contributed by atoms with Crippen molar-refractivity contribution in [1.82, 2.24) is 0 Å². The number of anilines is 1. The van der Waals surface area contributed by atoms with Crippen molar-refractivity contribution in [2.24, 2.45) is 16.3 Å². The number of hydrogen-bond acceptors (Lipinski definition) is 5. The fourth-order valence-corrected chi connectivity index (χ4v) is 1.84. The number of hydrogen-bond donors (Lipinski definition) is 3. The van der Waals surface area contributed by atoms with Gasteiger partial charge in [0.15, 0.2) is 11.5 Å². The number of alkyl halides is 2. The van der Waals surface area contributed by atoms with Crippen LogP contribution in [0.5, 0.6) is 11.5 Å².